The first-order valence-electron chi connectivity index (χ1n) is 7.74. The number of fused-ring (bicyclic) bond motifs is 1. The van der Waals surface area contributed by atoms with E-state index in [0.29, 0.717) is 11.5 Å². The third kappa shape index (κ3) is 2.73. The van der Waals surface area contributed by atoms with Crippen molar-refractivity contribution in [3.63, 3.8) is 0 Å². The first-order valence-corrected chi connectivity index (χ1v) is 7.74. The summed E-state index contributed by atoms with van der Waals surface area (Å²) in [5.41, 5.74) is 0.293. The molecule has 0 aromatic heterocycles. The van der Waals surface area contributed by atoms with Crippen molar-refractivity contribution in [2.45, 2.75) is 45.1 Å². The van der Waals surface area contributed by atoms with Gasteiger partial charge in [0.05, 0.1) is 12.7 Å². The second-order valence-corrected chi connectivity index (χ2v) is 6.43. The van der Waals surface area contributed by atoms with E-state index in [2.05, 4.69) is 11.8 Å². The van der Waals surface area contributed by atoms with Gasteiger partial charge in [0.2, 0.25) is 0 Å². The monoisotopic (exact) mass is 253 g/mol. The van der Waals surface area contributed by atoms with E-state index in [1.54, 1.807) is 0 Å². The third-order valence-electron chi connectivity index (χ3n) is 4.87. The second-order valence-electron chi connectivity index (χ2n) is 6.43. The Morgan fingerprint density at radius 2 is 2.22 bits per heavy atom. The summed E-state index contributed by atoms with van der Waals surface area (Å²) in [4.78, 5) is 2.68. The molecular formula is C15H27NO2. The summed E-state index contributed by atoms with van der Waals surface area (Å²) in [6, 6.07) is 0. The predicted molar refractivity (Wildman–Crippen MR) is 71.7 cm³/mol. The van der Waals surface area contributed by atoms with Crippen molar-refractivity contribution in [3.05, 3.63) is 0 Å². The van der Waals surface area contributed by atoms with Gasteiger partial charge in [-0.15, -0.1) is 0 Å². The van der Waals surface area contributed by atoms with Crippen molar-refractivity contribution in [1.29, 1.82) is 0 Å². The maximum absolute atomic E-state index is 6.04. The summed E-state index contributed by atoms with van der Waals surface area (Å²) in [7, 11) is 0. The topological polar surface area (TPSA) is 21.7 Å². The minimum absolute atomic E-state index is 0.293. The van der Waals surface area contributed by atoms with Gasteiger partial charge in [-0.1, -0.05) is 0 Å². The molecule has 3 nitrogen and oxygen atoms in total. The molecule has 0 N–H and O–H groups in total. The molecule has 3 rings (SSSR count). The van der Waals surface area contributed by atoms with Crippen LogP contribution in [0.3, 0.4) is 0 Å². The van der Waals surface area contributed by atoms with Crippen LogP contribution < -0.4 is 0 Å². The standard InChI is InChI=1S/C15H27NO2/c1-2-17-12-15-7-3-9-18-14(15)6-8-16(11-15)10-13-4-5-13/h13-14H,2-12H2,1H3/t14-,15-/m0/s1. The van der Waals surface area contributed by atoms with E-state index in [-0.39, 0.29) is 0 Å². The normalized spacial score (nSPS) is 37.5. The van der Waals surface area contributed by atoms with Gasteiger partial charge < -0.3 is 14.4 Å². The molecule has 1 aliphatic carbocycles. The number of piperidine rings is 1. The van der Waals surface area contributed by atoms with Crippen molar-refractivity contribution in [2.75, 3.05) is 39.5 Å². The molecule has 2 heterocycles. The fraction of sp³-hybridized carbons (Fsp3) is 1.00. The fourth-order valence-electron chi connectivity index (χ4n) is 3.72. The molecule has 0 aromatic carbocycles. The van der Waals surface area contributed by atoms with E-state index in [9.17, 15) is 0 Å². The van der Waals surface area contributed by atoms with Crippen LogP contribution in [0.15, 0.2) is 0 Å². The minimum Gasteiger partial charge on any atom is -0.381 e. The van der Waals surface area contributed by atoms with Gasteiger partial charge in [0.15, 0.2) is 0 Å². The highest BCUT2D eigenvalue weighted by molar-refractivity contribution is 4.97. The first-order chi connectivity index (χ1) is 8.82. The average Bonchev–Trinajstić information content (AvgIpc) is 3.20. The zero-order valence-electron chi connectivity index (χ0n) is 11.7. The van der Waals surface area contributed by atoms with Crippen LogP contribution in [0.1, 0.15) is 39.0 Å². The maximum atomic E-state index is 6.04. The van der Waals surface area contributed by atoms with Gasteiger partial charge in [-0.05, 0) is 44.9 Å². The molecule has 104 valence electrons. The van der Waals surface area contributed by atoms with E-state index >= 15 is 0 Å². The minimum atomic E-state index is 0.293. The molecule has 18 heavy (non-hydrogen) atoms. The fourth-order valence-corrected chi connectivity index (χ4v) is 3.72. The maximum Gasteiger partial charge on any atom is 0.0677 e. The predicted octanol–water partition coefficient (Wildman–Crippen LogP) is 2.30. The Kier molecular flexibility index (Phi) is 3.92. The lowest BCUT2D eigenvalue weighted by Gasteiger charge is -2.50. The molecule has 0 spiro atoms. The van der Waals surface area contributed by atoms with Crippen LogP contribution in [-0.2, 0) is 9.47 Å². The molecule has 0 radical (unpaired) electrons. The summed E-state index contributed by atoms with van der Waals surface area (Å²) < 4.78 is 11.8. The number of hydrogen-bond acceptors (Lipinski definition) is 3. The van der Waals surface area contributed by atoms with Crippen molar-refractivity contribution in [2.24, 2.45) is 11.3 Å². The van der Waals surface area contributed by atoms with Crippen LogP contribution in [0.25, 0.3) is 0 Å². The Hall–Kier alpha value is -0.120. The largest absolute Gasteiger partial charge is 0.381 e. The Morgan fingerprint density at radius 3 is 3.00 bits per heavy atom. The highest BCUT2D eigenvalue weighted by Crippen LogP contribution is 2.41. The highest BCUT2D eigenvalue weighted by atomic mass is 16.5. The average molecular weight is 253 g/mol. The van der Waals surface area contributed by atoms with Gasteiger partial charge in [0.1, 0.15) is 0 Å². The van der Waals surface area contributed by atoms with Crippen LogP contribution in [0, 0.1) is 11.3 Å². The molecule has 2 atom stereocenters. The van der Waals surface area contributed by atoms with Crippen molar-refractivity contribution < 1.29 is 9.47 Å². The van der Waals surface area contributed by atoms with E-state index < -0.39 is 0 Å². The molecule has 2 aliphatic heterocycles. The van der Waals surface area contributed by atoms with E-state index in [1.165, 1.54) is 51.7 Å². The van der Waals surface area contributed by atoms with Crippen LogP contribution >= 0.6 is 0 Å². The summed E-state index contributed by atoms with van der Waals surface area (Å²) >= 11 is 0. The summed E-state index contributed by atoms with van der Waals surface area (Å²) in [5.74, 6) is 0.996. The van der Waals surface area contributed by atoms with Gasteiger partial charge >= 0.3 is 0 Å². The summed E-state index contributed by atoms with van der Waals surface area (Å²) in [6.45, 7) is 8.54. The van der Waals surface area contributed by atoms with E-state index in [0.717, 1.165) is 25.7 Å². The SMILES string of the molecule is CCOC[C@@]12CCCO[C@H]1CCN(CC1CC1)C2. The molecule has 3 aliphatic rings. The quantitative estimate of drug-likeness (QED) is 0.750. The number of rotatable bonds is 5. The Balaban J connectivity index is 1.64. The molecule has 1 saturated carbocycles. The second kappa shape index (κ2) is 5.48. The van der Waals surface area contributed by atoms with E-state index in [4.69, 9.17) is 9.47 Å². The third-order valence-corrected chi connectivity index (χ3v) is 4.87. The number of hydrogen-bond donors (Lipinski definition) is 0. The molecule has 0 unspecified atom stereocenters. The molecule has 2 saturated heterocycles. The molecule has 0 bridgehead atoms. The molecular weight excluding hydrogens is 226 g/mol. The van der Waals surface area contributed by atoms with E-state index in [1.807, 2.05) is 0 Å². The number of nitrogens with zero attached hydrogens (tertiary/aromatic N) is 1. The number of likely N-dealkylation sites (tertiary alicyclic amines) is 1. The van der Waals surface area contributed by atoms with Crippen LogP contribution in [-0.4, -0.2) is 50.5 Å². The Morgan fingerprint density at radius 1 is 1.33 bits per heavy atom. The van der Waals surface area contributed by atoms with Gasteiger partial charge in [0, 0.05) is 38.3 Å². The molecule has 3 fully saturated rings. The van der Waals surface area contributed by atoms with Crippen LogP contribution in [0.4, 0.5) is 0 Å². The van der Waals surface area contributed by atoms with Crippen LogP contribution in [0.2, 0.25) is 0 Å². The van der Waals surface area contributed by atoms with Crippen molar-refractivity contribution >= 4 is 0 Å². The lowest BCUT2D eigenvalue weighted by atomic mass is 9.73. The van der Waals surface area contributed by atoms with Crippen LogP contribution in [0.5, 0.6) is 0 Å². The Labute approximate surface area is 111 Å². The van der Waals surface area contributed by atoms with Gasteiger partial charge in [0.25, 0.3) is 0 Å². The van der Waals surface area contributed by atoms with Gasteiger partial charge in [-0.25, -0.2) is 0 Å². The van der Waals surface area contributed by atoms with Crippen molar-refractivity contribution in [3.8, 4) is 0 Å². The lowest BCUT2D eigenvalue weighted by Crippen LogP contribution is -2.57. The summed E-state index contributed by atoms with van der Waals surface area (Å²) in [6.07, 6.45) is 7.07. The Bertz CT molecular complexity index is 280. The smallest absolute Gasteiger partial charge is 0.0677 e. The first kappa shape index (κ1) is 12.9. The molecule has 0 amide bonds. The highest BCUT2D eigenvalue weighted by Gasteiger charge is 2.46. The van der Waals surface area contributed by atoms with Gasteiger partial charge in [-0.3, -0.25) is 0 Å². The van der Waals surface area contributed by atoms with Crippen molar-refractivity contribution in [1.82, 2.24) is 4.90 Å². The summed E-state index contributed by atoms with van der Waals surface area (Å²) in [5, 5.41) is 0. The lowest BCUT2D eigenvalue weighted by molar-refractivity contribution is -0.152. The molecule has 3 heteroatoms. The zero-order valence-corrected chi connectivity index (χ0v) is 11.7. The molecule has 0 aromatic rings. The number of ether oxygens (including phenoxy) is 2. The zero-order chi connectivity index (χ0) is 12.4. The van der Waals surface area contributed by atoms with Gasteiger partial charge in [-0.2, -0.15) is 0 Å².